The molecule has 29 heavy (non-hydrogen) atoms. The van der Waals surface area contributed by atoms with E-state index in [1.807, 2.05) is 12.1 Å². The first-order valence-electron chi connectivity index (χ1n) is 9.57. The Morgan fingerprint density at radius 3 is 2.62 bits per heavy atom. The number of methoxy groups -OCH3 is 1. The highest BCUT2D eigenvalue weighted by Crippen LogP contribution is 2.46. The smallest absolute Gasteiger partial charge is 0.391 e. The van der Waals surface area contributed by atoms with Crippen LogP contribution < -0.4 is 5.32 Å². The lowest BCUT2D eigenvalue weighted by molar-refractivity contribution is -0.204. The van der Waals surface area contributed by atoms with Gasteiger partial charge in [-0.15, -0.1) is 0 Å². The zero-order valence-corrected chi connectivity index (χ0v) is 16.7. The third-order valence-corrected chi connectivity index (χ3v) is 5.61. The lowest BCUT2D eigenvalue weighted by atomic mass is 9.72. The van der Waals surface area contributed by atoms with Crippen LogP contribution in [0, 0.1) is 18.8 Å². The van der Waals surface area contributed by atoms with E-state index in [4.69, 9.17) is 9.15 Å². The lowest BCUT2D eigenvalue weighted by Crippen LogP contribution is -2.52. The van der Waals surface area contributed by atoms with E-state index < -0.39 is 23.5 Å². The summed E-state index contributed by atoms with van der Waals surface area (Å²) in [6.45, 7) is 3.19. The Labute approximate surface area is 167 Å². The minimum Gasteiger partial charge on any atom is -0.461 e. The van der Waals surface area contributed by atoms with Crippen molar-refractivity contribution in [2.75, 3.05) is 20.3 Å². The maximum absolute atomic E-state index is 12.9. The van der Waals surface area contributed by atoms with Crippen molar-refractivity contribution in [1.82, 2.24) is 5.32 Å². The maximum Gasteiger partial charge on any atom is 0.391 e. The molecule has 0 saturated heterocycles. The number of benzene rings is 1. The number of carbonyl (C=O) groups excluding carboxylic acids is 1. The van der Waals surface area contributed by atoms with E-state index in [9.17, 15) is 23.1 Å². The van der Waals surface area contributed by atoms with Gasteiger partial charge in [-0.2, -0.15) is 13.2 Å². The molecule has 0 aliphatic heterocycles. The second-order valence-corrected chi connectivity index (χ2v) is 8.25. The van der Waals surface area contributed by atoms with Gasteiger partial charge in [-0.3, -0.25) is 4.79 Å². The fraction of sp³-hybridized carbons (Fsp3) is 0.571. The number of aliphatic hydroxyl groups is 1. The summed E-state index contributed by atoms with van der Waals surface area (Å²) in [5, 5.41) is 13.0. The summed E-state index contributed by atoms with van der Waals surface area (Å²) in [7, 11) is 1.48. The maximum atomic E-state index is 12.9. The average molecular weight is 413 g/mol. The molecule has 2 aromatic rings. The zero-order valence-electron chi connectivity index (χ0n) is 16.7. The van der Waals surface area contributed by atoms with E-state index in [1.54, 1.807) is 19.9 Å². The van der Waals surface area contributed by atoms with Crippen molar-refractivity contribution in [2.45, 2.75) is 44.8 Å². The second-order valence-electron chi connectivity index (χ2n) is 8.25. The molecule has 1 aliphatic carbocycles. The average Bonchev–Trinajstić information content (AvgIpc) is 2.91. The van der Waals surface area contributed by atoms with Crippen LogP contribution in [0.3, 0.4) is 0 Å². The predicted molar refractivity (Wildman–Crippen MR) is 102 cm³/mol. The Morgan fingerprint density at radius 1 is 1.34 bits per heavy atom. The molecular formula is C21H26F3NO4. The number of ether oxygens (including phenoxy) is 1. The molecule has 1 unspecified atom stereocenters. The molecule has 1 amide bonds. The molecule has 1 aliphatic rings. The molecule has 1 aromatic heterocycles. The minimum absolute atomic E-state index is 0.0104. The van der Waals surface area contributed by atoms with Crippen LogP contribution in [0.1, 0.15) is 41.4 Å². The van der Waals surface area contributed by atoms with Gasteiger partial charge in [-0.05, 0) is 56.7 Å². The van der Waals surface area contributed by atoms with Crippen LogP contribution in [0.2, 0.25) is 0 Å². The number of amides is 1. The molecule has 2 N–H and O–H groups in total. The molecule has 160 valence electrons. The fourth-order valence-corrected chi connectivity index (χ4v) is 3.96. The summed E-state index contributed by atoms with van der Waals surface area (Å²) in [5.41, 5.74) is 0.827. The SMILES string of the molecule is COCC(C)(CO)NC(=O)c1c(C)oc2ccc(C[C@H]3C[C@H](C(F)(F)F)C3)cc12. The van der Waals surface area contributed by atoms with E-state index >= 15 is 0 Å². The van der Waals surface area contributed by atoms with Crippen molar-refractivity contribution in [2.24, 2.45) is 11.8 Å². The quantitative estimate of drug-likeness (QED) is 0.720. The Kier molecular flexibility index (Phi) is 5.96. The highest BCUT2D eigenvalue weighted by molar-refractivity contribution is 6.07. The molecule has 0 radical (unpaired) electrons. The number of halogens is 3. The molecule has 3 rings (SSSR count). The molecule has 1 saturated carbocycles. The van der Waals surface area contributed by atoms with Crippen LogP contribution in [0.25, 0.3) is 11.0 Å². The van der Waals surface area contributed by atoms with Gasteiger partial charge in [0.2, 0.25) is 0 Å². The number of hydrogen-bond donors (Lipinski definition) is 2. The predicted octanol–water partition coefficient (Wildman–Crippen LogP) is 4.00. The number of nitrogens with one attached hydrogen (secondary N) is 1. The zero-order chi connectivity index (χ0) is 21.4. The van der Waals surface area contributed by atoms with Gasteiger partial charge in [0.15, 0.2) is 0 Å². The second kappa shape index (κ2) is 7.99. The highest BCUT2D eigenvalue weighted by Gasteiger charge is 2.47. The van der Waals surface area contributed by atoms with E-state index in [2.05, 4.69) is 5.32 Å². The topological polar surface area (TPSA) is 71.7 Å². The van der Waals surface area contributed by atoms with Gasteiger partial charge in [0.1, 0.15) is 11.3 Å². The third kappa shape index (κ3) is 4.59. The summed E-state index contributed by atoms with van der Waals surface area (Å²) < 4.78 is 48.9. The van der Waals surface area contributed by atoms with Crippen LogP contribution in [-0.4, -0.2) is 43.1 Å². The van der Waals surface area contributed by atoms with Gasteiger partial charge in [-0.1, -0.05) is 6.07 Å². The van der Waals surface area contributed by atoms with Crippen molar-refractivity contribution in [3.63, 3.8) is 0 Å². The van der Waals surface area contributed by atoms with E-state index in [0.717, 1.165) is 5.56 Å². The van der Waals surface area contributed by atoms with Gasteiger partial charge in [0.25, 0.3) is 5.91 Å². The van der Waals surface area contributed by atoms with E-state index in [-0.39, 0.29) is 32.0 Å². The van der Waals surface area contributed by atoms with Crippen LogP contribution in [0.5, 0.6) is 0 Å². The number of aliphatic hydroxyl groups excluding tert-OH is 1. The van der Waals surface area contributed by atoms with E-state index in [1.165, 1.54) is 7.11 Å². The number of carbonyl (C=O) groups is 1. The Morgan fingerprint density at radius 2 is 2.03 bits per heavy atom. The Hall–Kier alpha value is -2.06. The molecule has 8 heteroatoms. The van der Waals surface area contributed by atoms with Crippen molar-refractivity contribution < 1.29 is 32.2 Å². The van der Waals surface area contributed by atoms with Gasteiger partial charge < -0.3 is 19.6 Å². The monoisotopic (exact) mass is 413 g/mol. The molecule has 1 aromatic carbocycles. The Balaban J connectivity index is 1.79. The summed E-state index contributed by atoms with van der Waals surface area (Å²) >= 11 is 0. The number of furan rings is 1. The normalized spacial score (nSPS) is 21.6. The lowest BCUT2D eigenvalue weighted by Gasteiger charge is -2.36. The molecule has 0 bridgehead atoms. The molecule has 1 heterocycles. The number of aryl methyl sites for hydroxylation is 1. The molecule has 5 nitrogen and oxygen atoms in total. The summed E-state index contributed by atoms with van der Waals surface area (Å²) in [6.07, 6.45) is -3.29. The Bertz CT molecular complexity index is 886. The van der Waals surface area contributed by atoms with Crippen molar-refractivity contribution >= 4 is 16.9 Å². The van der Waals surface area contributed by atoms with Crippen molar-refractivity contribution in [1.29, 1.82) is 0 Å². The van der Waals surface area contributed by atoms with Gasteiger partial charge in [-0.25, -0.2) is 0 Å². The highest BCUT2D eigenvalue weighted by atomic mass is 19.4. The van der Waals surface area contributed by atoms with Gasteiger partial charge in [0.05, 0.1) is 30.2 Å². The summed E-state index contributed by atoms with van der Waals surface area (Å²) in [5.74, 6) is -1.17. The molecule has 1 atom stereocenters. The van der Waals surface area contributed by atoms with Crippen LogP contribution >= 0.6 is 0 Å². The first kappa shape index (κ1) is 21.6. The van der Waals surface area contributed by atoms with Crippen molar-refractivity contribution in [3.05, 3.63) is 35.1 Å². The molecular weight excluding hydrogens is 387 g/mol. The largest absolute Gasteiger partial charge is 0.461 e. The van der Waals surface area contributed by atoms with Crippen LogP contribution in [0.15, 0.2) is 22.6 Å². The van der Waals surface area contributed by atoms with Crippen molar-refractivity contribution in [3.8, 4) is 0 Å². The number of hydrogen-bond acceptors (Lipinski definition) is 4. The van der Waals surface area contributed by atoms with Crippen LogP contribution in [0.4, 0.5) is 13.2 Å². The van der Waals surface area contributed by atoms with Gasteiger partial charge >= 0.3 is 6.18 Å². The first-order chi connectivity index (χ1) is 13.6. The van der Waals surface area contributed by atoms with Crippen LogP contribution in [-0.2, 0) is 11.2 Å². The van der Waals surface area contributed by atoms with Gasteiger partial charge in [0, 0.05) is 12.5 Å². The standard InChI is InChI=1S/C21H26F3NO4/c1-12-18(19(27)25-20(2,10-26)11-28-3)16-9-13(4-5-17(16)29-12)6-14-7-15(8-14)21(22,23)24/h4-5,9,14-15,26H,6-8,10-11H2,1-3H3,(H,25,27)/t14-,15-,20?. The third-order valence-electron chi connectivity index (χ3n) is 5.61. The summed E-state index contributed by atoms with van der Waals surface area (Å²) in [6, 6.07) is 5.39. The van der Waals surface area contributed by atoms with E-state index in [0.29, 0.717) is 28.7 Å². The first-order valence-corrected chi connectivity index (χ1v) is 9.57. The minimum atomic E-state index is -4.12. The molecule has 1 fully saturated rings. The summed E-state index contributed by atoms with van der Waals surface area (Å²) in [4.78, 5) is 12.9. The number of fused-ring (bicyclic) bond motifs is 1. The number of alkyl halides is 3. The molecule has 0 spiro atoms. The number of rotatable bonds is 7. The fourth-order valence-electron chi connectivity index (χ4n) is 3.96.